The molecule has 7 nitrogen and oxygen atoms in total. The van der Waals surface area contributed by atoms with E-state index in [1.54, 1.807) is 11.1 Å². The number of amides is 1. The van der Waals surface area contributed by atoms with Gasteiger partial charge in [0.15, 0.2) is 5.76 Å². The third-order valence-corrected chi connectivity index (χ3v) is 4.26. The maximum atomic E-state index is 13.0. The van der Waals surface area contributed by atoms with E-state index in [-0.39, 0.29) is 11.6 Å². The van der Waals surface area contributed by atoms with E-state index >= 15 is 0 Å². The van der Waals surface area contributed by atoms with Crippen LogP contribution >= 0.6 is 0 Å². The number of fused-ring (bicyclic) bond motifs is 3. The SMILES string of the molecule is O=C(c1ccc([N+](=O)[O-])cc1)N1CCc2cnoc2-c2ccccc21. The van der Waals surface area contributed by atoms with E-state index < -0.39 is 4.92 Å². The largest absolute Gasteiger partial charge is 0.356 e. The number of nitrogens with zero attached hydrogens (tertiary/aromatic N) is 3. The van der Waals surface area contributed by atoms with Gasteiger partial charge in [-0.3, -0.25) is 14.9 Å². The molecule has 1 amide bonds. The second kappa shape index (κ2) is 5.86. The lowest BCUT2D eigenvalue weighted by Gasteiger charge is -2.22. The van der Waals surface area contributed by atoms with Gasteiger partial charge in [0.2, 0.25) is 0 Å². The standard InChI is InChI=1S/C18H13N3O4/c22-18(12-5-7-14(8-6-12)21(23)24)20-10-9-13-11-19-25-17(13)15-3-1-2-4-16(15)20/h1-8,11H,9-10H2. The Kier molecular flexibility index (Phi) is 3.53. The number of hydrogen-bond donors (Lipinski definition) is 0. The first kappa shape index (κ1) is 15.1. The summed E-state index contributed by atoms with van der Waals surface area (Å²) in [5.74, 6) is 0.468. The molecule has 2 aromatic carbocycles. The number of aromatic nitrogens is 1. The lowest BCUT2D eigenvalue weighted by molar-refractivity contribution is -0.384. The minimum Gasteiger partial charge on any atom is -0.356 e. The summed E-state index contributed by atoms with van der Waals surface area (Å²) in [5.41, 5.74) is 2.85. The van der Waals surface area contributed by atoms with Gasteiger partial charge in [0, 0.05) is 35.4 Å². The molecule has 0 aliphatic carbocycles. The molecular weight excluding hydrogens is 322 g/mol. The van der Waals surface area contributed by atoms with Crippen LogP contribution in [0.1, 0.15) is 15.9 Å². The first-order chi connectivity index (χ1) is 12.1. The highest BCUT2D eigenvalue weighted by Gasteiger charge is 2.27. The lowest BCUT2D eigenvalue weighted by atomic mass is 10.1. The van der Waals surface area contributed by atoms with Gasteiger partial charge in [-0.2, -0.15) is 0 Å². The summed E-state index contributed by atoms with van der Waals surface area (Å²) in [6, 6.07) is 13.1. The highest BCUT2D eigenvalue weighted by molar-refractivity contribution is 6.08. The number of nitro groups is 1. The molecule has 0 unspecified atom stereocenters. The van der Waals surface area contributed by atoms with Crippen LogP contribution in [0.3, 0.4) is 0 Å². The Morgan fingerprint density at radius 1 is 1.16 bits per heavy atom. The van der Waals surface area contributed by atoms with Gasteiger partial charge in [-0.1, -0.05) is 17.3 Å². The number of hydrogen-bond acceptors (Lipinski definition) is 5. The number of carbonyl (C=O) groups excluding carboxylic acids is 1. The molecule has 1 aliphatic rings. The van der Waals surface area contributed by atoms with E-state index in [0.717, 1.165) is 16.8 Å². The smallest absolute Gasteiger partial charge is 0.269 e. The van der Waals surface area contributed by atoms with Gasteiger partial charge in [0.05, 0.1) is 16.8 Å². The second-order valence-electron chi connectivity index (χ2n) is 5.71. The Morgan fingerprint density at radius 2 is 1.92 bits per heavy atom. The average molecular weight is 335 g/mol. The summed E-state index contributed by atoms with van der Waals surface area (Å²) in [6.45, 7) is 0.473. The number of benzene rings is 2. The van der Waals surface area contributed by atoms with Crippen LogP contribution in [0.4, 0.5) is 11.4 Å². The zero-order chi connectivity index (χ0) is 17.4. The third-order valence-electron chi connectivity index (χ3n) is 4.26. The zero-order valence-electron chi connectivity index (χ0n) is 13.1. The van der Waals surface area contributed by atoms with E-state index in [0.29, 0.717) is 24.3 Å². The average Bonchev–Trinajstić information content (AvgIpc) is 3.05. The number of anilines is 1. The zero-order valence-corrected chi connectivity index (χ0v) is 13.1. The Labute approximate surface area is 142 Å². The van der Waals surface area contributed by atoms with Crippen LogP contribution in [-0.4, -0.2) is 22.5 Å². The predicted molar refractivity (Wildman–Crippen MR) is 90.4 cm³/mol. The molecule has 0 fully saturated rings. The number of non-ortho nitro benzene ring substituents is 1. The van der Waals surface area contributed by atoms with Gasteiger partial charge in [0.25, 0.3) is 11.6 Å². The highest BCUT2D eigenvalue weighted by atomic mass is 16.6. The van der Waals surface area contributed by atoms with Gasteiger partial charge < -0.3 is 9.42 Å². The molecule has 0 N–H and O–H groups in total. The molecule has 3 aromatic rings. The van der Waals surface area contributed by atoms with Crippen molar-refractivity contribution in [2.45, 2.75) is 6.42 Å². The molecule has 4 rings (SSSR count). The maximum absolute atomic E-state index is 13.0. The Balaban J connectivity index is 1.74. The van der Waals surface area contributed by atoms with Crippen molar-refractivity contribution in [1.82, 2.24) is 5.16 Å². The maximum Gasteiger partial charge on any atom is 0.269 e. The van der Waals surface area contributed by atoms with Gasteiger partial charge in [-0.05, 0) is 30.7 Å². The van der Waals surface area contributed by atoms with Crippen molar-refractivity contribution in [2.75, 3.05) is 11.4 Å². The topological polar surface area (TPSA) is 89.5 Å². The lowest BCUT2D eigenvalue weighted by Crippen LogP contribution is -2.32. The Bertz CT molecular complexity index is 962. The van der Waals surface area contributed by atoms with E-state index in [2.05, 4.69) is 5.16 Å². The van der Waals surface area contributed by atoms with Crippen LogP contribution in [0.25, 0.3) is 11.3 Å². The van der Waals surface area contributed by atoms with Gasteiger partial charge in [-0.15, -0.1) is 0 Å². The van der Waals surface area contributed by atoms with Gasteiger partial charge in [0.1, 0.15) is 0 Å². The fraction of sp³-hybridized carbons (Fsp3) is 0.111. The fourth-order valence-electron chi connectivity index (χ4n) is 3.01. The summed E-state index contributed by atoms with van der Waals surface area (Å²) in [6.07, 6.45) is 2.29. The van der Waals surface area contributed by atoms with Crippen molar-refractivity contribution >= 4 is 17.3 Å². The summed E-state index contributed by atoms with van der Waals surface area (Å²) in [5, 5.41) is 14.6. The van der Waals surface area contributed by atoms with E-state index in [1.807, 2.05) is 24.3 Å². The molecule has 0 spiro atoms. The molecule has 0 radical (unpaired) electrons. The molecular formula is C18H13N3O4. The van der Waals surface area contributed by atoms with Crippen LogP contribution in [-0.2, 0) is 6.42 Å². The quantitative estimate of drug-likeness (QED) is 0.528. The molecule has 0 atom stereocenters. The molecule has 25 heavy (non-hydrogen) atoms. The van der Waals surface area contributed by atoms with Crippen LogP contribution < -0.4 is 4.90 Å². The molecule has 7 heteroatoms. The van der Waals surface area contributed by atoms with Crippen LogP contribution in [0, 0.1) is 10.1 Å². The first-order valence-corrected chi connectivity index (χ1v) is 7.74. The Morgan fingerprint density at radius 3 is 2.68 bits per heavy atom. The number of carbonyl (C=O) groups is 1. The van der Waals surface area contributed by atoms with Gasteiger partial charge >= 0.3 is 0 Å². The summed E-state index contributed by atoms with van der Waals surface area (Å²) < 4.78 is 5.38. The van der Waals surface area contributed by atoms with Crippen LogP contribution in [0.15, 0.2) is 59.3 Å². The number of para-hydroxylation sites is 1. The number of rotatable bonds is 2. The highest BCUT2D eigenvalue weighted by Crippen LogP contribution is 2.36. The van der Waals surface area contributed by atoms with Gasteiger partial charge in [-0.25, -0.2) is 0 Å². The summed E-state index contributed by atoms with van der Waals surface area (Å²) in [4.78, 5) is 24.9. The molecule has 0 saturated carbocycles. The van der Waals surface area contributed by atoms with Crippen molar-refractivity contribution in [3.05, 3.63) is 76.0 Å². The van der Waals surface area contributed by atoms with Crippen molar-refractivity contribution in [3.8, 4) is 11.3 Å². The minimum atomic E-state index is -0.485. The van der Waals surface area contributed by atoms with Crippen molar-refractivity contribution in [3.63, 3.8) is 0 Å². The molecule has 0 bridgehead atoms. The van der Waals surface area contributed by atoms with Crippen molar-refractivity contribution in [1.29, 1.82) is 0 Å². The minimum absolute atomic E-state index is 0.0435. The third kappa shape index (κ3) is 2.55. The number of nitro benzene ring substituents is 1. The monoisotopic (exact) mass is 335 g/mol. The molecule has 0 saturated heterocycles. The molecule has 1 aliphatic heterocycles. The van der Waals surface area contributed by atoms with Crippen LogP contribution in [0.5, 0.6) is 0 Å². The summed E-state index contributed by atoms with van der Waals surface area (Å²) >= 11 is 0. The van der Waals surface area contributed by atoms with Crippen molar-refractivity contribution < 1.29 is 14.2 Å². The molecule has 124 valence electrons. The predicted octanol–water partition coefficient (Wildman–Crippen LogP) is 3.45. The van der Waals surface area contributed by atoms with E-state index in [4.69, 9.17) is 4.52 Å². The van der Waals surface area contributed by atoms with E-state index in [9.17, 15) is 14.9 Å². The molecule has 2 heterocycles. The second-order valence-corrected chi connectivity index (χ2v) is 5.71. The Hall–Kier alpha value is -3.48. The molecule has 1 aromatic heterocycles. The normalized spacial score (nSPS) is 12.9. The van der Waals surface area contributed by atoms with Crippen molar-refractivity contribution in [2.24, 2.45) is 0 Å². The first-order valence-electron chi connectivity index (χ1n) is 7.74. The van der Waals surface area contributed by atoms with Crippen LogP contribution in [0.2, 0.25) is 0 Å². The van der Waals surface area contributed by atoms with E-state index in [1.165, 1.54) is 24.3 Å². The fourth-order valence-corrected chi connectivity index (χ4v) is 3.01. The summed E-state index contributed by atoms with van der Waals surface area (Å²) in [7, 11) is 0.